The SMILES string of the molecule is CCCNc1ncnc(N(C)Cc2ccsc2)c1C. The molecule has 0 saturated heterocycles. The first-order valence-corrected chi connectivity index (χ1v) is 7.44. The van der Waals surface area contributed by atoms with E-state index in [1.807, 2.05) is 0 Å². The van der Waals surface area contributed by atoms with Crippen LogP contribution in [0.5, 0.6) is 0 Å². The molecule has 5 heteroatoms. The largest absolute Gasteiger partial charge is 0.370 e. The molecule has 0 amide bonds. The Balaban J connectivity index is 2.14. The highest BCUT2D eigenvalue weighted by atomic mass is 32.1. The lowest BCUT2D eigenvalue weighted by Gasteiger charge is -2.20. The predicted molar refractivity (Wildman–Crippen MR) is 82.0 cm³/mol. The van der Waals surface area contributed by atoms with Gasteiger partial charge in [0, 0.05) is 25.7 Å². The summed E-state index contributed by atoms with van der Waals surface area (Å²) in [5.74, 6) is 1.92. The molecule has 0 atom stereocenters. The van der Waals surface area contributed by atoms with Gasteiger partial charge in [-0.1, -0.05) is 6.92 Å². The third-order valence-electron chi connectivity index (χ3n) is 2.96. The third kappa shape index (κ3) is 3.44. The minimum atomic E-state index is 0.870. The van der Waals surface area contributed by atoms with E-state index in [9.17, 15) is 0 Å². The minimum Gasteiger partial charge on any atom is -0.370 e. The van der Waals surface area contributed by atoms with Gasteiger partial charge in [0.2, 0.25) is 0 Å². The van der Waals surface area contributed by atoms with Crippen molar-refractivity contribution in [2.24, 2.45) is 0 Å². The van der Waals surface area contributed by atoms with E-state index in [2.05, 4.69) is 57.9 Å². The zero-order valence-electron chi connectivity index (χ0n) is 11.7. The average molecular weight is 276 g/mol. The van der Waals surface area contributed by atoms with Crippen LogP contribution in [-0.4, -0.2) is 23.6 Å². The van der Waals surface area contributed by atoms with Crippen LogP contribution in [0.25, 0.3) is 0 Å². The van der Waals surface area contributed by atoms with Crippen LogP contribution in [0.3, 0.4) is 0 Å². The molecule has 2 rings (SSSR count). The predicted octanol–water partition coefficient (Wildman–Crippen LogP) is 3.30. The Morgan fingerprint density at radius 3 is 2.89 bits per heavy atom. The van der Waals surface area contributed by atoms with Gasteiger partial charge in [0.15, 0.2) is 0 Å². The van der Waals surface area contributed by atoms with Gasteiger partial charge in [-0.3, -0.25) is 0 Å². The summed E-state index contributed by atoms with van der Waals surface area (Å²) in [5.41, 5.74) is 2.42. The lowest BCUT2D eigenvalue weighted by atomic mass is 10.2. The van der Waals surface area contributed by atoms with Gasteiger partial charge in [0.05, 0.1) is 0 Å². The molecule has 2 heterocycles. The maximum Gasteiger partial charge on any atom is 0.137 e. The number of rotatable bonds is 6. The van der Waals surface area contributed by atoms with Crippen molar-refractivity contribution < 1.29 is 0 Å². The van der Waals surface area contributed by atoms with Crippen molar-refractivity contribution in [1.82, 2.24) is 9.97 Å². The lowest BCUT2D eigenvalue weighted by molar-refractivity contribution is 0.881. The fraction of sp³-hybridized carbons (Fsp3) is 0.429. The minimum absolute atomic E-state index is 0.870. The summed E-state index contributed by atoms with van der Waals surface area (Å²) >= 11 is 1.72. The second-order valence-electron chi connectivity index (χ2n) is 4.59. The van der Waals surface area contributed by atoms with E-state index < -0.39 is 0 Å². The van der Waals surface area contributed by atoms with Gasteiger partial charge in [-0.05, 0) is 35.7 Å². The number of nitrogens with zero attached hydrogens (tertiary/aromatic N) is 3. The molecule has 2 aromatic rings. The molecule has 2 aromatic heterocycles. The van der Waals surface area contributed by atoms with Gasteiger partial charge in [0.1, 0.15) is 18.0 Å². The summed E-state index contributed by atoms with van der Waals surface area (Å²) in [6, 6.07) is 2.15. The zero-order chi connectivity index (χ0) is 13.7. The Morgan fingerprint density at radius 1 is 1.37 bits per heavy atom. The number of aromatic nitrogens is 2. The first-order chi connectivity index (χ1) is 9.22. The molecular formula is C14H20N4S. The van der Waals surface area contributed by atoms with Crippen molar-refractivity contribution in [3.63, 3.8) is 0 Å². The van der Waals surface area contributed by atoms with Gasteiger partial charge >= 0.3 is 0 Å². The topological polar surface area (TPSA) is 41.1 Å². The molecule has 19 heavy (non-hydrogen) atoms. The van der Waals surface area contributed by atoms with Gasteiger partial charge in [-0.2, -0.15) is 11.3 Å². The lowest BCUT2D eigenvalue weighted by Crippen LogP contribution is -2.19. The Morgan fingerprint density at radius 2 is 2.21 bits per heavy atom. The third-order valence-corrected chi connectivity index (χ3v) is 3.69. The van der Waals surface area contributed by atoms with Crippen molar-refractivity contribution in [3.05, 3.63) is 34.3 Å². The standard InChI is InChI=1S/C14H20N4S/c1-4-6-15-13-11(2)14(17-10-16-13)18(3)8-12-5-7-19-9-12/h5,7,9-10H,4,6,8H2,1-3H3,(H,15,16,17). The molecule has 0 aliphatic carbocycles. The summed E-state index contributed by atoms with van der Waals surface area (Å²) in [6.07, 6.45) is 2.72. The Labute approximate surface area is 118 Å². The van der Waals surface area contributed by atoms with Crippen LogP contribution in [0.1, 0.15) is 24.5 Å². The maximum absolute atomic E-state index is 4.41. The molecular weight excluding hydrogens is 256 g/mol. The van der Waals surface area contributed by atoms with Crippen LogP contribution >= 0.6 is 11.3 Å². The molecule has 0 unspecified atom stereocenters. The van der Waals surface area contributed by atoms with E-state index in [4.69, 9.17) is 0 Å². The molecule has 0 bridgehead atoms. The zero-order valence-corrected chi connectivity index (χ0v) is 12.5. The van der Waals surface area contributed by atoms with E-state index in [-0.39, 0.29) is 0 Å². The van der Waals surface area contributed by atoms with Crippen molar-refractivity contribution in [2.45, 2.75) is 26.8 Å². The van der Waals surface area contributed by atoms with E-state index in [1.54, 1.807) is 17.7 Å². The number of hydrogen-bond donors (Lipinski definition) is 1. The highest BCUT2D eigenvalue weighted by Crippen LogP contribution is 2.22. The number of anilines is 2. The van der Waals surface area contributed by atoms with Gasteiger partial charge in [-0.25, -0.2) is 9.97 Å². The summed E-state index contributed by atoms with van der Waals surface area (Å²) in [7, 11) is 2.07. The second kappa shape index (κ2) is 6.52. The second-order valence-corrected chi connectivity index (χ2v) is 5.37. The molecule has 4 nitrogen and oxygen atoms in total. The van der Waals surface area contributed by atoms with Crippen LogP contribution in [-0.2, 0) is 6.54 Å². The molecule has 0 aliphatic rings. The normalized spacial score (nSPS) is 10.5. The number of thiophene rings is 1. The summed E-state index contributed by atoms with van der Waals surface area (Å²) in [5, 5.41) is 7.61. The molecule has 0 aliphatic heterocycles. The van der Waals surface area contributed by atoms with Crippen LogP contribution in [0.15, 0.2) is 23.2 Å². The number of nitrogens with one attached hydrogen (secondary N) is 1. The smallest absolute Gasteiger partial charge is 0.137 e. The van der Waals surface area contributed by atoms with Crippen LogP contribution in [0.4, 0.5) is 11.6 Å². The van der Waals surface area contributed by atoms with Gasteiger partial charge < -0.3 is 10.2 Å². The molecule has 0 fully saturated rings. The molecule has 0 spiro atoms. The van der Waals surface area contributed by atoms with E-state index >= 15 is 0 Å². The molecule has 102 valence electrons. The van der Waals surface area contributed by atoms with Crippen molar-refractivity contribution in [2.75, 3.05) is 23.8 Å². The Kier molecular flexibility index (Phi) is 4.74. The van der Waals surface area contributed by atoms with Gasteiger partial charge in [-0.15, -0.1) is 0 Å². The fourth-order valence-corrected chi connectivity index (χ4v) is 2.64. The first-order valence-electron chi connectivity index (χ1n) is 6.50. The summed E-state index contributed by atoms with van der Waals surface area (Å²) < 4.78 is 0. The van der Waals surface area contributed by atoms with Crippen LogP contribution in [0.2, 0.25) is 0 Å². The number of hydrogen-bond acceptors (Lipinski definition) is 5. The Hall–Kier alpha value is -1.62. The van der Waals surface area contributed by atoms with Crippen LogP contribution in [0, 0.1) is 6.92 Å². The van der Waals surface area contributed by atoms with Gasteiger partial charge in [0.25, 0.3) is 0 Å². The van der Waals surface area contributed by atoms with Crippen molar-refractivity contribution >= 4 is 23.0 Å². The summed E-state index contributed by atoms with van der Waals surface area (Å²) in [4.78, 5) is 10.9. The highest BCUT2D eigenvalue weighted by Gasteiger charge is 2.11. The van der Waals surface area contributed by atoms with E-state index in [0.29, 0.717) is 0 Å². The quantitative estimate of drug-likeness (QED) is 0.879. The Bertz CT molecular complexity index is 510. The van der Waals surface area contributed by atoms with E-state index in [1.165, 1.54) is 5.56 Å². The molecule has 0 radical (unpaired) electrons. The van der Waals surface area contributed by atoms with Crippen molar-refractivity contribution in [3.8, 4) is 0 Å². The van der Waals surface area contributed by atoms with Crippen molar-refractivity contribution in [1.29, 1.82) is 0 Å². The average Bonchev–Trinajstić information content (AvgIpc) is 2.90. The molecule has 1 N–H and O–H groups in total. The molecule has 0 saturated carbocycles. The first kappa shape index (κ1) is 13.8. The van der Waals surface area contributed by atoms with Crippen LogP contribution < -0.4 is 10.2 Å². The van der Waals surface area contributed by atoms with E-state index in [0.717, 1.165) is 36.7 Å². The maximum atomic E-state index is 4.41. The monoisotopic (exact) mass is 276 g/mol. The highest BCUT2D eigenvalue weighted by molar-refractivity contribution is 7.07. The molecule has 0 aromatic carbocycles. The fourth-order valence-electron chi connectivity index (χ4n) is 1.98. The summed E-state index contributed by atoms with van der Waals surface area (Å²) in [6.45, 7) is 6.02.